The van der Waals surface area contributed by atoms with Gasteiger partial charge in [0.15, 0.2) is 0 Å². The van der Waals surface area contributed by atoms with E-state index in [9.17, 15) is 24.0 Å². The van der Waals surface area contributed by atoms with Gasteiger partial charge in [0.05, 0.1) is 5.91 Å². The normalized spacial score (nSPS) is 13.9. The molecule has 0 heterocycles. The molecule has 0 saturated carbocycles. The molecule has 0 aromatic heterocycles. The zero-order valence-electron chi connectivity index (χ0n) is 14.7. The van der Waals surface area contributed by atoms with Crippen LogP contribution < -0.4 is 16.0 Å². The molecule has 0 saturated heterocycles. The maximum absolute atomic E-state index is 12.1. The Bertz CT molecular complexity index is 511. The average molecular weight is 648 g/mol. The van der Waals surface area contributed by atoms with Crippen LogP contribution in [0.1, 0.15) is 27.7 Å². The number of amides is 3. The van der Waals surface area contributed by atoms with Gasteiger partial charge in [0.1, 0.15) is 18.2 Å². The van der Waals surface area contributed by atoms with Gasteiger partial charge in [-0.1, -0.05) is 25.6 Å². The molecule has 3 N–H and O–H groups in total. The van der Waals surface area contributed by atoms with Crippen molar-refractivity contribution in [3.05, 3.63) is 6.42 Å². The molecule has 0 spiro atoms. The van der Waals surface area contributed by atoms with Crippen LogP contribution in [-0.2, 0) is 42.5 Å². The Labute approximate surface area is 193 Å². The summed E-state index contributed by atoms with van der Waals surface area (Å²) in [5.74, 6) is -2.09. The van der Waals surface area contributed by atoms with Gasteiger partial charge in [0.25, 0.3) is 5.24 Å². The van der Waals surface area contributed by atoms with Crippen molar-refractivity contribution in [3.8, 4) is 0 Å². The molecular formula is C14H21N3O6SUV-2. The molecule has 3 amide bonds. The van der Waals surface area contributed by atoms with Gasteiger partial charge in [-0.2, -0.15) is 6.92 Å². The number of hydrogen-bond donors (Lipinski definition) is 4. The molecular weight excluding hydrogens is 627 g/mol. The number of esters is 1. The van der Waals surface area contributed by atoms with Gasteiger partial charge in [-0.15, -0.1) is 0 Å². The summed E-state index contributed by atoms with van der Waals surface area (Å²) >= 11 is 3.48. The molecule has 0 aromatic carbocycles. The number of ether oxygens (including phenoxy) is 1. The standard InChI is InChI=1S/C14H21N3O6S.U.V/c1-5-10(19)17-11(12(20)15-7(2)6-18)9(4)23-13(21)8(3)16-14(22)24;;/h5,7-9,11H,1-4H3,(H,15,20)(H,17,19)(H2,16,22,24);;/q-2;;. The Kier molecular flexibility index (Phi) is 17.9. The van der Waals surface area contributed by atoms with Crippen molar-refractivity contribution in [2.45, 2.75) is 51.9 Å². The number of carbonyl (C=O) groups excluding carboxylic acids is 5. The molecule has 0 rings (SSSR count). The monoisotopic (exact) mass is 648 g/mol. The third kappa shape index (κ3) is 11.9. The third-order valence-electron chi connectivity index (χ3n) is 2.84. The van der Waals surface area contributed by atoms with Crippen molar-refractivity contribution in [3.63, 3.8) is 0 Å². The van der Waals surface area contributed by atoms with Crippen molar-refractivity contribution in [1.29, 1.82) is 0 Å². The van der Waals surface area contributed by atoms with E-state index < -0.39 is 47.3 Å². The van der Waals surface area contributed by atoms with Gasteiger partial charge in [-0.25, -0.2) is 11.1 Å². The van der Waals surface area contributed by atoms with Crippen LogP contribution in [0.25, 0.3) is 0 Å². The number of thiol groups is 1. The van der Waals surface area contributed by atoms with E-state index in [0.29, 0.717) is 0 Å². The first-order valence-electron chi connectivity index (χ1n) is 7.10. The first-order chi connectivity index (χ1) is 11.1. The van der Waals surface area contributed by atoms with Crippen molar-refractivity contribution in [1.82, 2.24) is 16.0 Å². The summed E-state index contributed by atoms with van der Waals surface area (Å²) < 4.78 is 5.08. The minimum absolute atomic E-state index is 0. The first-order valence-corrected chi connectivity index (χ1v) is 7.54. The summed E-state index contributed by atoms with van der Waals surface area (Å²) in [5, 5.41) is 6.17. The number of rotatable bonds is 9. The van der Waals surface area contributed by atoms with E-state index in [-0.39, 0.29) is 49.7 Å². The summed E-state index contributed by atoms with van der Waals surface area (Å²) in [5.41, 5.74) is 0. The predicted octanol–water partition coefficient (Wildman–Crippen LogP) is -0.733. The maximum atomic E-state index is 12.1. The second-order valence-corrected chi connectivity index (χ2v) is 5.34. The Morgan fingerprint density at radius 2 is 1.62 bits per heavy atom. The zero-order valence-corrected chi connectivity index (χ0v) is 21.2. The van der Waals surface area contributed by atoms with Gasteiger partial charge >= 0.3 is 5.97 Å². The summed E-state index contributed by atoms with van der Waals surface area (Å²) in [6, 6.07) is -3.11. The van der Waals surface area contributed by atoms with Crippen molar-refractivity contribution < 1.29 is 78.4 Å². The second-order valence-electron chi connectivity index (χ2n) is 4.94. The van der Waals surface area contributed by atoms with Gasteiger partial charge < -0.3 is 36.7 Å². The molecule has 0 aromatic rings. The zero-order chi connectivity index (χ0) is 18.9. The molecule has 0 fully saturated rings. The molecule has 9 nitrogen and oxygen atoms in total. The SMILES string of the molecule is C[CH-]C(=O)NC(C(=O)NC(C)[C-]=O)C(C)OC(=O)C(C)NC(=O)S.[U].[V]. The van der Waals surface area contributed by atoms with Crippen LogP contribution >= 0.6 is 12.6 Å². The van der Waals surface area contributed by atoms with E-state index in [1.54, 1.807) is 6.29 Å². The van der Waals surface area contributed by atoms with Crippen LogP contribution in [0.4, 0.5) is 4.79 Å². The van der Waals surface area contributed by atoms with Crippen molar-refractivity contribution in [2.24, 2.45) is 0 Å². The van der Waals surface area contributed by atoms with E-state index in [0.717, 1.165) is 0 Å². The van der Waals surface area contributed by atoms with Crippen LogP contribution in [0.2, 0.25) is 0 Å². The predicted molar refractivity (Wildman–Crippen MR) is 87.7 cm³/mol. The summed E-state index contributed by atoms with van der Waals surface area (Å²) in [6.07, 6.45) is 1.70. The molecule has 4 unspecified atom stereocenters. The molecule has 26 heavy (non-hydrogen) atoms. The minimum Gasteiger partial charge on any atom is -0.540 e. The van der Waals surface area contributed by atoms with E-state index >= 15 is 0 Å². The van der Waals surface area contributed by atoms with E-state index in [1.165, 1.54) is 34.1 Å². The Balaban J connectivity index is -0.00000264. The molecule has 4 atom stereocenters. The first kappa shape index (κ1) is 30.1. The summed E-state index contributed by atoms with van der Waals surface area (Å²) in [7, 11) is 0. The Hall–Kier alpha value is -0.594. The molecule has 0 aliphatic rings. The Morgan fingerprint density at radius 1 is 1.08 bits per heavy atom. The van der Waals surface area contributed by atoms with Gasteiger partial charge in [0.2, 0.25) is 5.91 Å². The fraction of sp³-hybridized carbons (Fsp3) is 0.571. The molecule has 1 radical (unpaired) electrons. The second kappa shape index (κ2) is 15.5. The quantitative estimate of drug-likeness (QED) is 0.148. The van der Waals surface area contributed by atoms with Crippen LogP contribution in [0.15, 0.2) is 0 Å². The molecule has 0 aliphatic carbocycles. The molecule has 145 valence electrons. The Morgan fingerprint density at radius 3 is 2.04 bits per heavy atom. The van der Waals surface area contributed by atoms with Crippen molar-refractivity contribution in [2.75, 3.05) is 0 Å². The van der Waals surface area contributed by atoms with Gasteiger partial charge in [0, 0.05) is 49.7 Å². The number of nitrogens with one attached hydrogen (secondary N) is 3. The fourth-order valence-electron chi connectivity index (χ4n) is 1.56. The smallest absolute Gasteiger partial charge is 0.328 e. The van der Waals surface area contributed by atoms with Crippen LogP contribution in [0.5, 0.6) is 0 Å². The van der Waals surface area contributed by atoms with Crippen molar-refractivity contribution >= 4 is 41.9 Å². The van der Waals surface area contributed by atoms with Gasteiger partial charge in [-0.05, 0) is 13.8 Å². The summed E-state index contributed by atoms with van der Waals surface area (Å²) in [4.78, 5) is 56.9. The number of carbonyl (C=O) groups is 4. The van der Waals surface area contributed by atoms with Gasteiger partial charge in [-0.3, -0.25) is 9.59 Å². The number of hydrogen-bond acceptors (Lipinski definition) is 6. The molecule has 12 heteroatoms. The van der Waals surface area contributed by atoms with Crippen LogP contribution in [0, 0.1) is 37.5 Å². The summed E-state index contributed by atoms with van der Waals surface area (Å²) in [6.45, 7) is 5.63. The minimum atomic E-state index is -1.23. The van der Waals surface area contributed by atoms with E-state index in [1.807, 2.05) is 0 Å². The largest absolute Gasteiger partial charge is 0.540 e. The average Bonchev–Trinajstić information content (AvgIpc) is 2.50. The third-order valence-corrected chi connectivity index (χ3v) is 2.97. The molecule has 0 aliphatic heterocycles. The maximum Gasteiger partial charge on any atom is 0.328 e. The van der Waals surface area contributed by atoms with E-state index in [2.05, 4.69) is 28.6 Å². The van der Waals surface area contributed by atoms with Crippen LogP contribution in [-0.4, -0.2) is 53.5 Å². The fourth-order valence-corrected chi connectivity index (χ4v) is 1.76. The molecule has 0 bridgehead atoms. The van der Waals surface area contributed by atoms with E-state index in [4.69, 9.17) is 4.74 Å². The van der Waals surface area contributed by atoms with Crippen LogP contribution in [0.3, 0.4) is 0 Å². The topological polar surface area (TPSA) is 131 Å².